The maximum Gasteiger partial charge on any atom is 0.252 e. The van der Waals surface area contributed by atoms with E-state index < -0.39 is 10.0 Å². The van der Waals surface area contributed by atoms with Gasteiger partial charge in [-0.1, -0.05) is 0 Å². The molecule has 0 amide bonds. The number of thiophene rings is 1. The van der Waals surface area contributed by atoms with Crippen molar-refractivity contribution in [3.63, 3.8) is 0 Å². The Morgan fingerprint density at radius 3 is 2.44 bits per heavy atom. The summed E-state index contributed by atoms with van der Waals surface area (Å²) in [4.78, 5) is 2.83. The average molecular weight is 292 g/mol. The van der Waals surface area contributed by atoms with Crippen molar-refractivity contribution in [3.05, 3.63) is 17.0 Å². The predicted octanol–water partition coefficient (Wildman–Crippen LogP) is 0.465. The molecule has 5 nitrogen and oxygen atoms in total. The lowest BCUT2D eigenvalue weighted by Gasteiger charge is -2.18. The molecule has 0 aliphatic carbocycles. The number of likely N-dealkylation sites (N-methyl/N-ethyl adjacent to an activating group) is 2. The summed E-state index contributed by atoms with van der Waals surface area (Å²) in [6, 6.07) is 3.37. The van der Waals surface area contributed by atoms with E-state index in [1.807, 2.05) is 19.0 Å². The highest BCUT2D eigenvalue weighted by molar-refractivity contribution is 7.91. The molecular weight excluding hydrogens is 272 g/mol. The lowest BCUT2D eigenvalue weighted by Crippen LogP contribution is -2.33. The number of aliphatic hydroxyl groups is 1. The molecule has 0 fully saturated rings. The van der Waals surface area contributed by atoms with Crippen LogP contribution in [0.3, 0.4) is 0 Å². The molecule has 0 aliphatic heterocycles. The second-order valence-corrected chi connectivity index (χ2v) is 7.76. The SMILES string of the molecule is CN(C)CCN(C)S(=O)(=O)c1ccc(CCO)s1. The zero-order chi connectivity index (χ0) is 13.8. The van der Waals surface area contributed by atoms with Crippen molar-refractivity contribution in [1.29, 1.82) is 0 Å². The van der Waals surface area contributed by atoms with Gasteiger partial charge in [0.15, 0.2) is 0 Å². The van der Waals surface area contributed by atoms with Gasteiger partial charge in [0.2, 0.25) is 0 Å². The Balaban J connectivity index is 2.77. The van der Waals surface area contributed by atoms with Crippen molar-refractivity contribution in [2.75, 3.05) is 40.8 Å². The monoisotopic (exact) mass is 292 g/mol. The van der Waals surface area contributed by atoms with Crippen LogP contribution in [0.25, 0.3) is 0 Å². The van der Waals surface area contributed by atoms with E-state index >= 15 is 0 Å². The van der Waals surface area contributed by atoms with E-state index in [0.717, 1.165) is 4.88 Å². The summed E-state index contributed by atoms with van der Waals surface area (Å²) in [6.07, 6.45) is 0.502. The number of sulfonamides is 1. The molecule has 1 aromatic rings. The minimum Gasteiger partial charge on any atom is -0.396 e. The Kier molecular flexibility index (Phi) is 5.74. The summed E-state index contributed by atoms with van der Waals surface area (Å²) in [6.45, 7) is 1.18. The lowest BCUT2D eigenvalue weighted by molar-refractivity contribution is 0.300. The fraction of sp³-hybridized carbons (Fsp3) is 0.636. The Bertz CT molecular complexity index is 468. The minimum absolute atomic E-state index is 0.0382. The standard InChI is InChI=1S/C11H20N2O3S2/c1-12(2)7-8-13(3)18(15,16)11-5-4-10(17-11)6-9-14/h4-5,14H,6-9H2,1-3H3. The molecule has 18 heavy (non-hydrogen) atoms. The van der Waals surface area contributed by atoms with Gasteiger partial charge in [-0.05, 0) is 26.2 Å². The van der Waals surface area contributed by atoms with Gasteiger partial charge < -0.3 is 10.0 Å². The first-order chi connectivity index (χ1) is 8.37. The van der Waals surface area contributed by atoms with Gasteiger partial charge in [-0.25, -0.2) is 8.42 Å². The van der Waals surface area contributed by atoms with Crippen LogP contribution in [0.4, 0.5) is 0 Å². The van der Waals surface area contributed by atoms with Crippen LogP contribution >= 0.6 is 11.3 Å². The topological polar surface area (TPSA) is 60.9 Å². The van der Waals surface area contributed by atoms with Gasteiger partial charge in [0, 0.05) is 38.0 Å². The van der Waals surface area contributed by atoms with Crippen LogP contribution in [0.1, 0.15) is 4.88 Å². The first kappa shape index (κ1) is 15.6. The van der Waals surface area contributed by atoms with Gasteiger partial charge in [-0.3, -0.25) is 0 Å². The molecule has 7 heteroatoms. The van der Waals surface area contributed by atoms with Crippen molar-refractivity contribution in [2.24, 2.45) is 0 Å². The van der Waals surface area contributed by atoms with Crippen LogP contribution < -0.4 is 0 Å². The zero-order valence-corrected chi connectivity index (χ0v) is 12.6. The van der Waals surface area contributed by atoms with Gasteiger partial charge in [-0.15, -0.1) is 11.3 Å². The third-order valence-corrected chi connectivity index (χ3v) is 5.99. The second-order valence-electron chi connectivity index (χ2n) is 4.32. The molecule has 1 heterocycles. The van der Waals surface area contributed by atoms with Gasteiger partial charge in [0.05, 0.1) is 0 Å². The average Bonchev–Trinajstić information content (AvgIpc) is 2.75. The molecule has 104 valence electrons. The largest absolute Gasteiger partial charge is 0.396 e. The molecule has 0 saturated carbocycles. The highest BCUT2D eigenvalue weighted by Gasteiger charge is 2.22. The van der Waals surface area contributed by atoms with Gasteiger partial charge in [0.25, 0.3) is 10.0 Å². The first-order valence-electron chi connectivity index (χ1n) is 5.68. The van der Waals surface area contributed by atoms with E-state index in [1.54, 1.807) is 19.2 Å². The molecule has 1 aromatic heterocycles. The summed E-state index contributed by atoms with van der Waals surface area (Å²) in [5.74, 6) is 0. The summed E-state index contributed by atoms with van der Waals surface area (Å²) in [5.41, 5.74) is 0. The number of nitrogens with zero attached hydrogens (tertiary/aromatic N) is 2. The molecular formula is C11H20N2O3S2. The molecule has 0 aromatic carbocycles. The van der Waals surface area contributed by atoms with E-state index in [9.17, 15) is 8.42 Å². The smallest absolute Gasteiger partial charge is 0.252 e. The maximum absolute atomic E-state index is 12.2. The Labute approximate surface area is 113 Å². The van der Waals surface area contributed by atoms with Crippen molar-refractivity contribution in [3.8, 4) is 0 Å². The maximum atomic E-state index is 12.2. The molecule has 0 saturated heterocycles. The third kappa shape index (κ3) is 4.03. The number of hydrogen-bond acceptors (Lipinski definition) is 5. The summed E-state index contributed by atoms with van der Waals surface area (Å²) in [5, 5.41) is 8.83. The fourth-order valence-electron chi connectivity index (χ4n) is 1.36. The summed E-state index contributed by atoms with van der Waals surface area (Å²) >= 11 is 1.22. The summed E-state index contributed by atoms with van der Waals surface area (Å²) in [7, 11) is 2.01. The van der Waals surface area contributed by atoms with Crippen molar-refractivity contribution >= 4 is 21.4 Å². The first-order valence-corrected chi connectivity index (χ1v) is 7.94. The van der Waals surface area contributed by atoms with Crippen molar-refractivity contribution in [2.45, 2.75) is 10.6 Å². The van der Waals surface area contributed by atoms with Crippen LogP contribution in [0.5, 0.6) is 0 Å². The highest BCUT2D eigenvalue weighted by atomic mass is 32.2. The second kappa shape index (κ2) is 6.63. The molecule has 0 radical (unpaired) electrons. The van der Waals surface area contributed by atoms with Crippen LogP contribution in [0.15, 0.2) is 16.3 Å². The molecule has 0 aliphatic rings. The van der Waals surface area contributed by atoms with Crippen molar-refractivity contribution < 1.29 is 13.5 Å². The van der Waals surface area contributed by atoms with E-state index in [4.69, 9.17) is 5.11 Å². The van der Waals surface area contributed by atoms with Crippen molar-refractivity contribution in [1.82, 2.24) is 9.21 Å². The number of aliphatic hydroxyl groups excluding tert-OH is 1. The normalized spacial score (nSPS) is 12.6. The lowest BCUT2D eigenvalue weighted by atomic mass is 10.4. The van der Waals surface area contributed by atoms with Crippen LogP contribution in [0, 0.1) is 0 Å². The van der Waals surface area contributed by atoms with Gasteiger partial charge in [0.1, 0.15) is 4.21 Å². The summed E-state index contributed by atoms with van der Waals surface area (Å²) < 4.78 is 26.1. The minimum atomic E-state index is -3.39. The van der Waals surface area contributed by atoms with Gasteiger partial charge in [-0.2, -0.15) is 4.31 Å². The molecule has 0 atom stereocenters. The van der Waals surface area contributed by atoms with Crippen LogP contribution in [-0.4, -0.2) is 63.6 Å². The molecule has 0 unspecified atom stereocenters. The quantitative estimate of drug-likeness (QED) is 0.793. The van der Waals surface area contributed by atoms with E-state index in [0.29, 0.717) is 23.7 Å². The fourth-order valence-corrected chi connectivity index (χ4v) is 4.07. The Hall–Kier alpha value is -0.470. The predicted molar refractivity (Wildman–Crippen MR) is 73.5 cm³/mol. The highest BCUT2D eigenvalue weighted by Crippen LogP contribution is 2.24. The third-order valence-electron chi connectivity index (χ3n) is 2.52. The zero-order valence-electron chi connectivity index (χ0n) is 11.0. The molecule has 0 spiro atoms. The van der Waals surface area contributed by atoms with E-state index in [2.05, 4.69) is 0 Å². The van der Waals surface area contributed by atoms with E-state index in [1.165, 1.54) is 15.6 Å². The van der Waals surface area contributed by atoms with Crippen LogP contribution in [-0.2, 0) is 16.4 Å². The van der Waals surface area contributed by atoms with Crippen LogP contribution in [0.2, 0.25) is 0 Å². The Morgan fingerprint density at radius 2 is 1.89 bits per heavy atom. The molecule has 1 rings (SSSR count). The molecule has 1 N–H and O–H groups in total. The Morgan fingerprint density at radius 1 is 1.22 bits per heavy atom. The van der Waals surface area contributed by atoms with E-state index in [-0.39, 0.29) is 6.61 Å². The number of hydrogen-bond donors (Lipinski definition) is 1. The number of rotatable bonds is 7. The molecule has 0 bridgehead atoms. The van der Waals surface area contributed by atoms with Gasteiger partial charge >= 0.3 is 0 Å².